The number of primary amides is 1. The molecule has 0 bridgehead atoms. The second kappa shape index (κ2) is 7.93. The number of nitrogens with one attached hydrogen (secondary N) is 1. The largest absolute Gasteiger partial charge is 0.373 e. The Morgan fingerprint density at radius 3 is 2.60 bits per heavy atom. The van der Waals surface area contributed by atoms with Crippen LogP contribution < -0.4 is 11.1 Å². The summed E-state index contributed by atoms with van der Waals surface area (Å²) in [6, 6.07) is 18.5. The number of benzene rings is 2. The number of hydrogen-bond donors (Lipinski definition) is 2. The Kier molecular flexibility index (Phi) is 5.44. The number of carbonyl (C=O) groups excluding carboxylic acids is 1. The zero-order chi connectivity index (χ0) is 17.6. The molecule has 3 atom stereocenters. The van der Waals surface area contributed by atoms with E-state index in [0.29, 0.717) is 18.7 Å². The van der Waals surface area contributed by atoms with Gasteiger partial charge in [-0.05, 0) is 29.7 Å². The van der Waals surface area contributed by atoms with Crippen LogP contribution in [0.15, 0.2) is 54.6 Å². The molecule has 1 aliphatic heterocycles. The summed E-state index contributed by atoms with van der Waals surface area (Å²) in [5.74, 6) is -0.150. The van der Waals surface area contributed by atoms with E-state index >= 15 is 0 Å². The van der Waals surface area contributed by atoms with Gasteiger partial charge in [-0.2, -0.15) is 5.26 Å². The van der Waals surface area contributed by atoms with Crippen molar-refractivity contribution in [3.8, 4) is 6.07 Å². The van der Waals surface area contributed by atoms with Crippen molar-refractivity contribution < 1.29 is 9.53 Å². The first kappa shape index (κ1) is 17.2. The first-order valence-electron chi connectivity index (χ1n) is 8.38. The second-order valence-corrected chi connectivity index (χ2v) is 6.23. The summed E-state index contributed by atoms with van der Waals surface area (Å²) in [6.07, 6.45) is 0.967. The van der Waals surface area contributed by atoms with Crippen molar-refractivity contribution in [2.45, 2.75) is 18.6 Å². The van der Waals surface area contributed by atoms with E-state index in [4.69, 9.17) is 15.7 Å². The van der Waals surface area contributed by atoms with Crippen LogP contribution >= 0.6 is 0 Å². The first-order chi connectivity index (χ1) is 12.2. The van der Waals surface area contributed by atoms with Crippen molar-refractivity contribution in [2.75, 3.05) is 13.2 Å². The van der Waals surface area contributed by atoms with E-state index in [9.17, 15) is 4.79 Å². The van der Waals surface area contributed by atoms with E-state index in [1.54, 1.807) is 24.3 Å². The lowest BCUT2D eigenvalue weighted by Gasteiger charge is -2.22. The van der Waals surface area contributed by atoms with Crippen molar-refractivity contribution in [2.24, 2.45) is 11.7 Å². The molecule has 0 aliphatic carbocycles. The molecule has 1 amide bonds. The smallest absolute Gasteiger partial charge is 0.239 e. The van der Waals surface area contributed by atoms with E-state index in [1.807, 2.05) is 18.2 Å². The molecule has 0 spiro atoms. The molecule has 0 aromatic heterocycles. The Labute approximate surface area is 147 Å². The summed E-state index contributed by atoms with van der Waals surface area (Å²) in [7, 11) is 0. The summed E-state index contributed by atoms with van der Waals surface area (Å²) in [5.41, 5.74) is 8.05. The molecule has 1 saturated heterocycles. The average molecular weight is 335 g/mol. The molecule has 3 N–H and O–H groups in total. The van der Waals surface area contributed by atoms with Crippen molar-refractivity contribution >= 4 is 5.91 Å². The highest BCUT2D eigenvalue weighted by Crippen LogP contribution is 2.34. The van der Waals surface area contributed by atoms with Gasteiger partial charge < -0.3 is 15.8 Å². The molecule has 25 heavy (non-hydrogen) atoms. The number of hydrogen-bond acceptors (Lipinski definition) is 4. The SMILES string of the molecule is N#Cc1ccc([C@H](NC[C@H]2CCO[C@@H]2c2ccccc2)C(N)=O)cc1. The molecule has 2 aromatic rings. The fourth-order valence-electron chi connectivity index (χ4n) is 3.26. The topological polar surface area (TPSA) is 88.1 Å². The maximum atomic E-state index is 11.9. The second-order valence-electron chi connectivity index (χ2n) is 6.23. The van der Waals surface area contributed by atoms with E-state index in [-0.39, 0.29) is 12.0 Å². The highest BCUT2D eigenvalue weighted by molar-refractivity contribution is 5.81. The predicted octanol–water partition coefficient (Wildman–Crippen LogP) is 2.45. The Morgan fingerprint density at radius 1 is 1.24 bits per heavy atom. The standard InChI is InChI=1S/C20H21N3O2/c21-12-14-6-8-15(9-7-14)18(20(22)24)23-13-17-10-11-25-19(17)16-4-2-1-3-5-16/h1-9,17-19,23H,10-11,13H2,(H2,22,24)/t17-,18+,19-/m1/s1. The van der Waals surface area contributed by atoms with Crippen molar-refractivity contribution in [3.05, 3.63) is 71.3 Å². The highest BCUT2D eigenvalue weighted by atomic mass is 16.5. The van der Waals surface area contributed by atoms with Gasteiger partial charge in [-0.1, -0.05) is 42.5 Å². The van der Waals surface area contributed by atoms with Crippen LogP contribution in [-0.2, 0) is 9.53 Å². The van der Waals surface area contributed by atoms with Crippen molar-refractivity contribution in [1.29, 1.82) is 5.26 Å². The minimum absolute atomic E-state index is 0.0307. The van der Waals surface area contributed by atoms with Gasteiger partial charge in [-0.3, -0.25) is 4.79 Å². The Morgan fingerprint density at radius 2 is 1.96 bits per heavy atom. The number of nitrogens with two attached hydrogens (primary N) is 1. The third-order valence-electron chi connectivity index (χ3n) is 4.58. The summed E-state index contributed by atoms with van der Waals surface area (Å²) < 4.78 is 5.89. The number of amides is 1. The van der Waals surface area contributed by atoms with Crippen LogP contribution in [0.5, 0.6) is 0 Å². The Balaban J connectivity index is 1.68. The van der Waals surface area contributed by atoms with Crippen LogP contribution in [0.25, 0.3) is 0 Å². The molecule has 5 heteroatoms. The first-order valence-corrected chi connectivity index (χ1v) is 8.38. The monoisotopic (exact) mass is 335 g/mol. The molecule has 0 saturated carbocycles. The molecule has 5 nitrogen and oxygen atoms in total. The van der Waals surface area contributed by atoms with Crippen molar-refractivity contribution in [1.82, 2.24) is 5.32 Å². The minimum Gasteiger partial charge on any atom is -0.373 e. The van der Waals surface area contributed by atoms with Crippen LogP contribution in [0, 0.1) is 17.2 Å². The van der Waals surface area contributed by atoms with Gasteiger partial charge in [-0.25, -0.2) is 0 Å². The van der Waals surface area contributed by atoms with Crippen LogP contribution in [0.2, 0.25) is 0 Å². The summed E-state index contributed by atoms with van der Waals surface area (Å²) in [6.45, 7) is 1.34. The fourth-order valence-corrected chi connectivity index (χ4v) is 3.26. The van der Waals surface area contributed by atoms with Gasteiger partial charge >= 0.3 is 0 Å². The molecular formula is C20H21N3O2. The molecule has 1 fully saturated rings. The van der Waals surface area contributed by atoms with Gasteiger partial charge in [0.1, 0.15) is 6.04 Å². The number of nitriles is 1. The molecule has 3 rings (SSSR count). The third kappa shape index (κ3) is 4.05. The number of rotatable bonds is 6. The zero-order valence-electron chi connectivity index (χ0n) is 13.9. The Bertz CT molecular complexity index is 753. The predicted molar refractivity (Wildman–Crippen MR) is 94.3 cm³/mol. The quantitative estimate of drug-likeness (QED) is 0.849. The van der Waals surface area contributed by atoms with Crippen LogP contribution in [-0.4, -0.2) is 19.1 Å². The lowest BCUT2D eigenvalue weighted by Crippen LogP contribution is -2.37. The van der Waals surface area contributed by atoms with E-state index in [0.717, 1.165) is 17.5 Å². The van der Waals surface area contributed by atoms with E-state index < -0.39 is 11.9 Å². The van der Waals surface area contributed by atoms with E-state index in [1.165, 1.54) is 0 Å². The highest BCUT2D eigenvalue weighted by Gasteiger charge is 2.30. The van der Waals surface area contributed by atoms with Gasteiger partial charge in [0.15, 0.2) is 0 Å². The fraction of sp³-hybridized carbons (Fsp3) is 0.300. The Hall–Kier alpha value is -2.68. The normalized spacial score (nSPS) is 20.8. The lowest BCUT2D eigenvalue weighted by atomic mass is 9.94. The van der Waals surface area contributed by atoms with Crippen LogP contribution in [0.4, 0.5) is 0 Å². The molecular weight excluding hydrogens is 314 g/mol. The van der Waals surface area contributed by atoms with Crippen molar-refractivity contribution in [3.63, 3.8) is 0 Å². The van der Waals surface area contributed by atoms with Crippen LogP contribution in [0.3, 0.4) is 0 Å². The van der Waals surface area contributed by atoms with Gasteiger partial charge in [0.05, 0.1) is 17.7 Å². The maximum absolute atomic E-state index is 11.9. The van der Waals surface area contributed by atoms with Gasteiger partial charge in [0.2, 0.25) is 5.91 Å². The number of nitrogens with zero attached hydrogens (tertiary/aromatic N) is 1. The zero-order valence-corrected chi connectivity index (χ0v) is 13.9. The summed E-state index contributed by atoms with van der Waals surface area (Å²) in [5, 5.41) is 12.2. The van der Waals surface area contributed by atoms with Gasteiger partial charge in [0.25, 0.3) is 0 Å². The molecule has 2 aromatic carbocycles. The van der Waals surface area contributed by atoms with Gasteiger partial charge in [0, 0.05) is 19.1 Å². The van der Waals surface area contributed by atoms with E-state index in [2.05, 4.69) is 23.5 Å². The summed E-state index contributed by atoms with van der Waals surface area (Å²) in [4.78, 5) is 11.9. The number of carbonyl (C=O) groups is 1. The molecule has 1 aliphatic rings. The average Bonchev–Trinajstić information content (AvgIpc) is 3.11. The maximum Gasteiger partial charge on any atom is 0.239 e. The molecule has 1 heterocycles. The van der Waals surface area contributed by atoms with Gasteiger partial charge in [-0.15, -0.1) is 0 Å². The van der Waals surface area contributed by atoms with Crippen LogP contribution in [0.1, 0.15) is 35.3 Å². The number of ether oxygens (including phenoxy) is 1. The lowest BCUT2D eigenvalue weighted by molar-refractivity contribution is -0.120. The molecule has 0 radical (unpaired) electrons. The summed E-state index contributed by atoms with van der Waals surface area (Å²) >= 11 is 0. The minimum atomic E-state index is -0.579. The molecule has 128 valence electrons. The molecule has 0 unspecified atom stereocenters. The third-order valence-corrected chi connectivity index (χ3v) is 4.58.